The number of hydrogen-bond donors (Lipinski definition) is 0. The van der Waals surface area contributed by atoms with Crippen molar-refractivity contribution in [2.45, 2.75) is 0 Å². The summed E-state index contributed by atoms with van der Waals surface area (Å²) in [5.74, 6) is 0. The summed E-state index contributed by atoms with van der Waals surface area (Å²) in [5, 5.41) is 0. The summed E-state index contributed by atoms with van der Waals surface area (Å²) in [6.07, 6.45) is 0. The van der Waals surface area contributed by atoms with Gasteiger partial charge in [-0.15, -0.1) is 0 Å². The van der Waals surface area contributed by atoms with E-state index in [1.165, 1.54) is 0 Å². The Labute approximate surface area is 72.4 Å². The maximum atomic E-state index is 8.40. The van der Waals surface area contributed by atoms with E-state index in [1.807, 2.05) is 0 Å². The number of hydrogen-bond acceptors (Lipinski definition) is 2. The molecule has 0 saturated heterocycles. The predicted octanol–water partition coefficient (Wildman–Crippen LogP) is -2.01. The summed E-state index contributed by atoms with van der Waals surface area (Å²) in [4.78, 5) is 8.40. The molecule has 0 N–H and O–H groups in total. The SMILES string of the molecule is O=[PH+][O-].[AlH2-].[Ca+2]. The van der Waals surface area contributed by atoms with Gasteiger partial charge >= 0.3 is 37.7 Å². The molecule has 0 bridgehead atoms. The third-order valence-corrected chi connectivity index (χ3v) is 0. The summed E-state index contributed by atoms with van der Waals surface area (Å²) in [6.45, 7) is 0. The van der Waals surface area contributed by atoms with Gasteiger partial charge in [0.1, 0.15) is 0 Å². The minimum Gasteiger partial charge on any atom is -0.597 e. The average molecular weight is 133 g/mol. The van der Waals surface area contributed by atoms with Crippen molar-refractivity contribution in [2.24, 2.45) is 0 Å². The molecule has 0 heterocycles. The van der Waals surface area contributed by atoms with Crippen LogP contribution in [0.15, 0.2) is 0 Å². The molecule has 0 rings (SSSR count). The largest absolute Gasteiger partial charge is 2.00 e. The first-order valence-corrected chi connectivity index (χ1v) is 1.22. The standard InChI is InChI=1S/Al.Ca.HO2P.2H/c;;1-3-2;;/h;;3H;;/q-1;+2;;;. The monoisotopic (exact) mass is 133 g/mol. The Kier molecular flexibility index (Phi) is 53.6. The summed E-state index contributed by atoms with van der Waals surface area (Å²) in [5.41, 5.74) is 0. The maximum Gasteiger partial charge on any atom is 2.00 e. The Morgan fingerprint density at radius 3 is 1.60 bits per heavy atom. The van der Waals surface area contributed by atoms with Crippen LogP contribution in [0.1, 0.15) is 0 Å². The van der Waals surface area contributed by atoms with Crippen LogP contribution in [0.5, 0.6) is 0 Å². The van der Waals surface area contributed by atoms with Crippen LogP contribution in [0.3, 0.4) is 0 Å². The van der Waals surface area contributed by atoms with E-state index in [4.69, 9.17) is 9.46 Å². The Balaban J connectivity index is -0.0000000200. The molecule has 0 aromatic rings. The molecule has 0 aromatic heterocycles. The average Bonchev–Trinajstić information content (AvgIpc) is 0.918. The Morgan fingerprint density at radius 1 is 1.60 bits per heavy atom. The first-order chi connectivity index (χ1) is 1.41. The molecule has 2 nitrogen and oxygen atoms in total. The van der Waals surface area contributed by atoms with Crippen molar-refractivity contribution in [2.75, 3.05) is 0 Å². The van der Waals surface area contributed by atoms with Gasteiger partial charge in [0.25, 0.3) is 8.69 Å². The topological polar surface area (TPSA) is 40.1 Å². The molecule has 1 unspecified atom stereocenters. The van der Waals surface area contributed by atoms with E-state index in [0.29, 0.717) is 0 Å². The van der Waals surface area contributed by atoms with Gasteiger partial charge in [-0.2, -0.15) is 0 Å². The normalized spacial score (nSPS) is 4.20. The van der Waals surface area contributed by atoms with E-state index in [0.717, 1.165) is 0 Å². The first kappa shape index (κ1) is 15.8. The molecule has 2 radical (unpaired) electrons. The maximum absolute atomic E-state index is 8.40. The molecule has 24 valence electrons. The minimum absolute atomic E-state index is 0. The van der Waals surface area contributed by atoms with Crippen LogP contribution in [0.4, 0.5) is 0 Å². The molecular formula is H3AlCaO2P+. The fourth-order valence-electron chi connectivity index (χ4n) is 0. The first-order valence-electron chi connectivity index (χ1n) is 0.408. The van der Waals surface area contributed by atoms with Gasteiger partial charge in [0.2, 0.25) is 0 Å². The second-order valence-electron chi connectivity index (χ2n) is 0.0833. The molecule has 0 amide bonds. The van der Waals surface area contributed by atoms with Gasteiger partial charge in [-0.3, -0.25) is 0 Å². The van der Waals surface area contributed by atoms with Crippen molar-refractivity contribution in [1.82, 2.24) is 0 Å². The van der Waals surface area contributed by atoms with Crippen molar-refractivity contribution in [3.8, 4) is 0 Å². The molecule has 0 saturated carbocycles. The zero-order chi connectivity index (χ0) is 2.71. The second-order valence-corrected chi connectivity index (χ2v) is 0.250. The molecule has 5 heteroatoms. The Bertz CT molecular complexity index is 17.1. The van der Waals surface area contributed by atoms with E-state index >= 15 is 0 Å². The molecule has 0 aromatic carbocycles. The number of rotatable bonds is 0. The van der Waals surface area contributed by atoms with Crippen LogP contribution >= 0.6 is 8.69 Å². The van der Waals surface area contributed by atoms with Crippen molar-refractivity contribution >= 4 is 63.8 Å². The van der Waals surface area contributed by atoms with Crippen molar-refractivity contribution in [3.05, 3.63) is 0 Å². The summed E-state index contributed by atoms with van der Waals surface area (Å²) in [6, 6.07) is 0. The summed E-state index contributed by atoms with van der Waals surface area (Å²) >= 11 is 0. The van der Waals surface area contributed by atoms with Gasteiger partial charge in [0.15, 0.2) is 0 Å². The fraction of sp³-hybridized carbons (Fsp3) is 0. The van der Waals surface area contributed by atoms with Crippen LogP contribution in [0.25, 0.3) is 0 Å². The molecule has 0 aliphatic carbocycles. The zero-order valence-electron chi connectivity index (χ0n) is 3.02. The Morgan fingerprint density at radius 2 is 1.60 bits per heavy atom. The van der Waals surface area contributed by atoms with Crippen molar-refractivity contribution in [3.63, 3.8) is 0 Å². The van der Waals surface area contributed by atoms with Crippen LogP contribution in [0, 0.1) is 0 Å². The van der Waals surface area contributed by atoms with Crippen molar-refractivity contribution in [1.29, 1.82) is 0 Å². The van der Waals surface area contributed by atoms with E-state index in [1.54, 1.807) is 0 Å². The van der Waals surface area contributed by atoms with Crippen LogP contribution < -0.4 is 4.89 Å². The minimum atomic E-state index is -1.42. The molecule has 0 spiro atoms. The Hall–Kier alpha value is 1.85. The molecule has 0 aliphatic rings. The van der Waals surface area contributed by atoms with E-state index in [-0.39, 0.29) is 55.1 Å². The van der Waals surface area contributed by atoms with Gasteiger partial charge in [0, 0.05) is 0 Å². The quantitative estimate of drug-likeness (QED) is 0.283. The smallest absolute Gasteiger partial charge is 0.597 e. The van der Waals surface area contributed by atoms with E-state index in [9.17, 15) is 0 Å². The van der Waals surface area contributed by atoms with Crippen LogP contribution in [-0.4, -0.2) is 55.1 Å². The van der Waals surface area contributed by atoms with Crippen molar-refractivity contribution < 1.29 is 9.46 Å². The molecule has 5 heavy (non-hydrogen) atoms. The molecule has 1 atom stereocenters. The van der Waals surface area contributed by atoms with Gasteiger partial charge in [-0.25, -0.2) is 0 Å². The molecular weight excluding hydrogens is 130 g/mol. The molecule has 0 aliphatic heterocycles. The van der Waals surface area contributed by atoms with Gasteiger partial charge < -0.3 is 22.3 Å². The molecule has 0 fully saturated rings. The van der Waals surface area contributed by atoms with Gasteiger partial charge in [0.05, 0.1) is 0 Å². The van der Waals surface area contributed by atoms with Crippen LogP contribution in [0.2, 0.25) is 0 Å². The summed E-state index contributed by atoms with van der Waals surface area (Å²) < 4.78 is 8.40. The van der Waals surface area contributed by atoms with Gasteiger partial charge in [-0.05, 0) is 0 Å². The van der Waals surface area contributed by atoms with E-state index < -0.39 is 8.69 Å². The second kappa shape index (κ2) is 16.9. The third kappa shape index (κ3) is 25.3. The third-order valence-electron chi connectivity index (χ3n) is 0. The summed E-state index contributed by atoms with van der Waals surface area (Å²) in [7, 11) is -1.42. The van der Waals surface area contributed by atoms with E-state index in [2.05, 4.69) is 0 Å². The van der Waals surface area contributed by atoms with Crippen LogP contribution in [-0.2, 0) is 4.57 Å². The fourth-order valence-corrected chi connectivity index (χ4v) is 0. The van der Waals surface area contributed by atoms with Gasteiger partial charge in [-0.1, -0.05) is 4.57 Å². The zero-order valence-corrected chi connectivity index (χ0v) is 8.23. The predicted molar refractivity (Wildman–Crippen MR) is 23.3 cm³/mol.